The van der Waals surface area contributed by atoms with E-state index < -0.39 is 5.97 Å². The van der Waals surface area contributed by atoms with Crippen molar-refractivity contribution in [3.05, 3.63) is 11.3 Å². The predicted molar refractivity (Wildman–Crippen MR) is 65.9 cm³/mol. The molecule has 1 unspecified atom stereocenters. The Kier molecular flexibility index (Phi) is 3.56. The summed E-state index contributed by atoms with van der Waals surface area (Å²) in [5.41, 5.74) is 0.880. The number of alkyl halides is 1. The largest absolute Gasteiger partial charge is 0.462 e. The number of nitrogens with zero attached hydrogens (tertiary/aromatic N) is 2. The van der Waals surface area contributed by atoms with E-state index in [-0.39, 0.29) is 24.3 Å². The number of hydrogen-bond donors (Lipinski definition) is 1. The molecule has 2 rings (SSSR count). The zero-order valence-corrected chi connectivity index (χ0v) is 11.0. The van der Waals surface area contributed by atoms with E-state index in [9.17, 15) is 9.59 Å². The molecular weight excluding hydrogens is 258 g/mol. The predicted octanol–water partition coefficient (Wildman–Crippen LogP) is 1.24. The Bertz CT molecular complexity index is 486. The number of nitrogens with one attached hydrogen (secondary N) is 1. The first-order valence-corrected chi connectivity index (χ1v) is 6.14. The van der Waals surface area contributed by atoms with Crippen molar-refractivity contribution in [1.29, 1.82) is 0 Å². The van der Waals surface area contributed by atoms with E-state index in [1.54, 1.807) is 13.8 Å². The number of ether oxygens (including phenoxy) is 1. The first-order chi connectivity index (χ1) is 8.54. The molecule has 7 heteroatoms. The van der Waals surface area contributed by atoms with Gasteiger partial charge in [-0.2, -0.15) is 5.10 Å². The molecule has 1 saturated heterocycles. The van der Waals surface area contributed by atoms with Gasteiger partial charge < -0.3 is 4.74 Å². The molecule has 0 aliphatic carbocycles. The van der Waals surface area contributed by atoms with Crippen LogP contribution in [0.1, 0.15) is 29.4 Å². The van der Waals surface area contributed by atoms with Crippen molar-refractivity contribution < 1.29 is 14.3 Å². The summed E-state index contributed by atoms with van der Waals surface area (Å²) in [6.07, 6.45) is 0.260. The first kappa shape index (κ1) is 12.9. The summed E-state index contributed by atoms with van der Waals surface area (Å²) >= 11 is 5.93. The Morgan fingerprint density at radius 3 is 2.94 bits per heavy atom. The maximum Gasteiger partial charge on any atom is 0.343 e. The molecule has 1 fully saturated rings. The van der Waals surface area contributed by atoms with Crippen LogP contribution in [0.4, 0.5) is 5.82 Å². The fourth-order valence-electron chi connectivity index (χ4n) is 1.93. The minimum Gasteiger partial charge on any atom is -0.462 e. The molecule has 2 heterocycles. The SMILES string of the molecule is CCOC(=O)c1c(N2CC(Cl)CC2=O)n[nH]c1C. The number of aryl methyl sites for hydroxylation is 1. The first-order valence-electron chi connectivity index (χ1n) is 5.71. The number of aromatic amines is 1. The van der Waals surface area contributed by atoms with Gasteiger partial charge in [-0.25, -0.2) is 4.79 Å². The van der Waals surface area contributed by atoms with Crippen LogP contribution < -0.4 is 4.90 Å². The topological polar surface area (TPSA) is 75.3 Å². The number of carbonyl (C=O) groups excluding carboxylic acids is 2. The fourth-order valence-corrected chi connectivity index (χ4v) is 2.20. The van der Waals surface area contributed by atoms with Gasteiger partial charge in [0.25, 0.3) is 0 Å². The van der Waals surface area contributed by atoms with Crippen molar-refractivity contribution in [2.24, 2.45) is 0 Å². The summed E-state index contributed by atoms with van der Waals surface area (Å²) in [6, 6.07) is 0. The van der Waals surface area contributed by atoms with Crippen molar-refractivity contribution in [3.63, 3.8) is 0 Å². The second kappa shape index (κ2) is 4.97. The molecule has 1 aliphatic heterocycles. The maximum absolute atomic E-state index is 11.8. The van der Waals surface area contributed by atoms with Gasteiger partial charge in [-0.05, 0) is 13.8 Å². The molecule has 1 aromatic rings. The highest BCUT2D eigenvalue weighted by Gasteiger charge is 2.34. The molecular formula is C11H14ClN3O3. The molecule has 1 atom stereocenters. The molecule has 1 amide bonds. The number of esters is 1. The maximum atomic E-state index is 11.8. The minimum atomic E-state index is -0.482. The van der Waals surface area contributed by atoms with E-state index in [0.29, 0.717) is 23.6 Å². The molecule has 0 spiro atoms. The van der Waals surface area contributed by atoms with Crippen molar-refractivity contribution in [3.8, 4) is 0 Å². The Balaban J connectivity index is 2.34. The second-order valence-corrected chi connectivity index (χ2v) is 4.69. The van der Waals surface area contributed by atoms with E-state index >= 15 is 0 Å². The summed E-state index contributed by atoms with van der Waals surface area (Å²) in [4.78, 5) is 25.0. The highest BCUT2D eigenvalue weighted by atomic mass is 35.5. The molecule has 18 heavy (non-hydrogen) atoms. The van der Waals surface area contributed by atoms with Crippen LogP contribution in [-0.4, -0.2) is 40.6 Å². The lowest BCUT2D eigenvalue weighted by atomic mass is 10.2. The number of hydrogen-bond acceptors (Lipinski definition) is 4. The summed E-state index contributed by atoms with van der Waals surface area (Å²) in [7, 11) is 0. The fraction of sp³-hybridized carbons (Fsp3) is 0.545. The van der Waals surface area contributed by atoms with Crippen LogP contribution in [0.2, 0.25) is 0 Å². The van der Waals surface area contributed by atoms with E-state index in [1.165, 1.54) is 4.90 Å². The van der Waals surface area contributed by atoms with Crippen molar-refractivity contribution in [2.75, 3.05) is 18.1 Å². The Morgan fingerprint density at radius 2 is 2.39 bits per heavy atom. The average molecular weight is 272 g/mol. The monoisotopic (exact) mass is 271 g/mol. The number of anilines is 1. The molecule has 6 nitrogen and oxygen atoms in total. The van der Waals surface area contributed by atoms with Crippen molar-refractivity contribution in [2.45, 2.75) is 25.6 Å². The molecule has 1 aromatic heterocycles. The summed E-state index contributed by atoms with van der Waals surface area (Å²) in [6.45, 7) is 4.07. The number of rotatable bonds is 3. The average Bonchev–Trinajstić information content (AvgIpc) is 2.82. The highest BCUT2D eigenvalue weighted by Crippen LogP contribution is 2.27. The van der Waals surface area contributed by atoms with Crippen LogP contribution >= 0.6 is 11.6 Å². The Hall–Kier alpha value is -1.56. The molecule has 0 radical (unpaired) electrons. The zero-order chi connectivity index (χ0) is 13.3. The van der Waals surface area contributed by atoms with Crippen LogP contribution in [0.25, 0.3) is 0 Å². The van der Waals surface area contributed by atoms with Crippen LogP contribution in [0.15, 0.2) is 0 Å². The van der Waals surface area contributed by atoms with Gasteiger partial charge in [-0.3, -0.25) is 14.8 Å². The molecule has 1 N–H and O–H groups in total. The zero-order valence-electron chi connectivity index (χ0n) is 10.2. The summed E-state index contributed by atoms with van der Waals surface area (Å²) in [5.74, 6) is -0.310. The minimum absolute atomic E-state index is 0.132. The normalized spacial score (nSPS) is 19.4. The van der Waals surface area contributed by atoms with Gasteiger partial charge in [-0.15, -0.1) is 11.6 Å². The van der Waals surface area contributed by atoms with Gasteiger partial charge in [0.05, 0.1) is 12.0 Å². The third kappa shape index (κ3) is 2.20. The van der Waals surface area contributed by atoms with E-state index in [1.807, 2.05) is 0 Å². The summed E-state index contributed by atoms with van der Waals surface area (Å²) < 4.78 is 4.96. The number of carbonyl (C=O) groups is 2. The number of amides is 1. The van der Waals surface area contributed by atoms with E-state index in [4.69, 9.17) is 16.3 Å². The lowest BCUT2D eigenvalue weighted by Crippen LogP contribution is -2.27. The number of H-pyrrole nitrogens is 1. The second-order valence-electron chi connectivity index (χ2n) is 4.07. The molecule has 1 aliphatic rings. The van der Waals surface area contributed by atoms with E-state index in [2.05, 4.69) is 10.2 Å². The van der Waals surface area contributed by atoms with Gasteiger partial charge in [0.2, 0.25) is 5.91 Å². The molecule has 98 valence electrons. The quantitative estimate of drug-likeness (QED) is 0.663. The lowest BCUT2D eigenvalue weighted by molar-refractivity contribution is -0.117. The Morgan fingerprint density at radius 1 is 1.67 bits per heavy atom. The van der Waals surface area contributed by atoms with Crippen LogP contribution in [0.5, 0.6) is 0 Å². The standard InChI is InChI=1S/C11H14ClN3O3/c1-3-18-11(17)9-6(2)13-14-10(9)15-5-7(12)4-8(15)16/h7H,3-5H2,1-2H3,(H,13,14). The lowest BCUT2D eigenvalue weighted by Gasteiger charge is -2.14. The van der Waals surface area contributed by atoms with Gasteiger partial charge in [0.1, 0.15) is 5.56 Å². The van der Waals surface area contributed by atoms with Crippen molar-refractivity contribution >= 4 is 29.3 Å². The van der Waals surface area contributed by atoms with Gasteiger partial charge in [0.15, 0.2) is 5.82 Å². The van der Waals surface area contributed by atoms with E-state index in [0.717, 1.165) is 0 Å². The smallest absolute Gasteiger partial charge is 0.343 e. The Labute approximate surface area is 109 Å². The highest BCUT2D eigenvalue weighted by molar-refractivity contribution is 6.24. The number of halogens is 1. The van der Waals surface area contributed by atoms with Crippen LogP contribution in [0.3, 0.4) is 0 Å². The number of aromatic nitrogens is 2. The van der Waals surface area contributed by atoms with Gasteiger partial charge in [-0.1, -0.05) is 0 Å². The molecule has 0 aromatic carbocycles. The molecule has 0 saturated carbocycles. The van der Waals surface area contributed by atoms with Gasteiger partial charge in [0, 0.05) is 18.7 Å². The van der Waals surface area contributed by atoms with Crippen molar-refractivity contribution in [1.82, 2.24) is 10.2 Å². The third-order valence-corrected chi connectivity index (χ3v) is 3.03. The third-order valence-electron chi connectivity index (χ3n) is 2.74. The summed E-state index contributed by atoms with van der Waals surface area (Å²) in [5, 5.41) is 6.46. The van der Waals surface area contributed by atoms with Crippen LogP contribution in [0, 0.1) is 6.92 Å². The van der Waals surface area contributed by atoms with Gasteiger partial charge >= 0.3 is 5.97 Å². The van der Waals surface area contributed by atoms with Crippen LogP contribution in [-0.2, 0) is 9.53 Å². The molecule has 0 bridgehead atoms.